The molecule has 3 rings (SSSR count). The zero-order chi connectivity index (χ0) is 13.8. The largest absolute Gasteiger partial charge is 0.463 e. The molecule has 0 aromatic heterocycles. The number of ether oxygens (including phenoxy) is 2. The van der Waals surface area contributed by atoms with Gasteiger partial charge in [-0.1, -0.05) is 24.3 Å². The van der Waals surface area contributed by atoms with E-state index in [-0.39, 0.29) is 0 Å². The maximum absolute atomic E-state index is 5.68. The molecule has 2 aliphatic heterocycles. The summed E-state index contributed by atoms with van der Waals surface area (Å²) in [4.78, 5) is 10.6. The number of amidine groups is 2. The van der Waals surface area contributed by atoms with Gasteiger partial charge in [0, 0.05) is 6.54 Å². The minimum atomic E-state index is 0.530. The predicted molar refractivity (Wildman–Crippen MR) is 76.4 cm³/mol. The highest BCUT2D eigenvalue weighted by molar-refractivity contribution is 5.94. The third-order valence-electron chi connectivity index (χ3n) is 3.17. The Morgan fingerprint density at radius 3 is 2.25 bits per heavy atom. The summed E-state index contributed by atoms with van der Waals surface area (Å²) in [6, 6.07) is 9.33. The molecule has 0 saturated carbocycles. The van der Waals surface area contributed by atoms with Crippen LogP contribution in [0, 0.1) is 0 Å². The molecule has 2 N–H and O–H groups in total. The average molecular weight is 274 g/mol. The second-order valence-electron chi connectivity index (χ2n) is 4.64. The highest BCUT2D eigenvalue weighted by Crippen LogP contribution is 2.14. The highest BCUT2D eigenvalue weighted by atomic mass is 16.5. The molecule has 0 radical (unpaired) electrons. The number of benzene rings is 1. The minimum Gasteiger partial charge on any atom is -0.463 e. The Bertz CT molecular complexity index is 518. The first-order valence-corrected chi connectivity index (χ1v) is 6.77. The molecule has 6 nitrogen and oxygen atoms in total. The summed E-state index contributed by atoms with van der Waals surface area (Å²) < 4.78 is 11.1. The van der Waals surface area contributed by atoms with Crippen LogP contribution in [0.25, 0.3) is 0 Å². The molecule has 20 heavy (non-hydrogen) atoms. The fraction of sp³-hybridized carbons (Fsp3) is 0.429. The maximum atomic E-state index is 5.68. The zero-order valence-electron chi connectivity index (χ0n) is 11.3. The molecule has 0 fully saturated rings. The van der Waals surface area contributed by atoms with Gasteiger partial charge in [0.2, 0.25) is 0 Å². The number of hydrogen-bond donors (Lipinski definition) is 1. The Morgan fingerprint density at radius 2 is 1.70 bits per heavy atom. The third-order valence-corrected chi connectivity index (χ3v) is 3.17. The molecule has 1 aromatic carbocycles. The van der Waals surface area contributed by atoms with Crippen LogP contribution in [0.5, 0.6) is 0 Å². The van der Waals surface area contributed by atoms with Crippen LogP contribution in [0.2, 0.25) is 0 Å². The van der Waals surface area contributed by atoms with Crippen molar-refractivity contribution < 1.29 is 9.47 Å². The normalized spacial score (nSPS) is 17.2. The molecule has 2 heterocycles. The predicted octanol–water partition coefficient (Wildman–Crippen LogP) is 0.720. The van der Waals surface area contributed by atoms with E-state index in [2.05, 4.69) is 22.1 Å². The van der Waals surface area contributed by atoms with Gasteiger partial charge in [-0.15, -0.1) is 0 Å². The molecule has 0 aliphatic carbocycles. The molecule has 6 heteroatoms. The average Bonchev–Trinajstić information content (AvgIpc) is 3.18. The highest BCUT2D eigenvalue weighted by Gasteiger charge is 2.25. The third kappa shape index (κ3) is 2.75. The molecule has 1 aromatic rings. The van der Waals surface area contributed by atoms with E-state index < -0.39 is 0 Å². The van der Waals surface area contributed by atoms with Crippen molar-refractivity contribution in [2.24, 2.45) is 15.7 Å². The van der Waals surface area contributed by atoms with Crippen molar-refractivity contribution in [3.05, 3.63) is 35.4 Å². The van der Waals surface area contributed by atoms with Crippen molar-refractivity contribution in [3.8, 4) is 0 Å². The smallest absolute Gasteiger partial charge is 0.296 e. The first-order chi connectivity index (χ1) is 9.86. The molecule has 0 bridgehead atoms. The van der Waals surface area contributed by atoms with Crippen molar-refractivity contribution in [3.63, 3.8) is 0 Å². The van der Waals surface area contributed by atoms with E-state index in [0.29, 0.717) is 51.4 Å². The standard InChI is InChI=1S/C14H18N4O2/c15-9-11-2-1-3-12(8-11)10-18(13-16-4-6-19-13)14-17-5-7-20-14/h1-3,8H,4-7,9-10,15H2. The van der Waals surface area contributed by atoms with E-state index in [1.54, 1.807) is 0 Å². The molecule has 106 valence electrons. The van der Waals surface area contributed by atoms with Gasteiger partial charge in [-0.25, -0.2) is 14.9 Å². The second kappa shape index (κ2) is 5.92. The zero-order valence-corrected chi connectivity index (χ0v) is 11.3. The van der Waals surface area contributed by atoms with Crippen LogP contribution in [0.15, 0.2) is 34.3 Å². The summed E-state index contributed by atoms with van der Waals surface area (Å²) in [6.45, 7) is 3.74. The molecule has 0 saturated heterocycles. The monoisotopic (exact) mass is 274 g/mol. The molecule has 0 amide bonds. The Kier molecular flexibility index (Phi) is 3.83. The minimum absolute atomic E-state index is 0.530. The van der Waals surface area contributed by atoms with E-state index in [9.17, 15) is 0 Å². The number of rotatable bonds is 3. The van der Waals surface area contributed by atoms with E-state index in [4.69, 9.17) is 15.2 Å². The fourth-order valence-corrected chi connectivity index (χ4v) is 2.23. The Balaban J connectivity index is 1.81. The van der Waals surface area contributed by atoms with Crippen LogP contribution in [0.3, 0.4) is 0 Å². The summed E-state index contributed by atoms with van der Waals surface area (Å²) in [5, 5.41) is 0. The maximum Gasteiger partial charge on any atom is 0.296 e. The van der Waals surface area contributed by atoms with E-state index in [1.165, 1.54) is 0 Å². The van der Waals surface area contributed by atoms with Gasteiger partial charge in [-0.2, -0.15) is 0 Å². The number of nitrogens with two attached hydrogens (primary N) is 1. The summed E-state index contributed by atoms with van der Waals surface area (Å²) in [6.07, 6.45) is 0. The lowest BCUT2D eigenvalue weighted by Crippen LogP contribution is -2.36. The Morgan fingerprint density at radius 1 is 1.05 bits per heavy atom. The van der Waals surface area contributed by atoms with Crippen molar-refractivity contribution >= 4 is 12.0 Å². The van der Waals surface area contributed by atoms with Gasteiger partial charge in [0.25, 0.3) is 12.0 Å². The van der Waals surface area contributed by atoms with E-state index >= 15 is 0 Å². The van der Waals surface area contributed by atoms with Crippen molar-refractivity contribution in [2.75, 3.05) is 26.3 Å². The summed E-state index contributed by atoms with van der Waals surface area (Å²) >= 11 is 0. The van der Waals surface area contributed by atoms with Crippen LogP contribution >= 0.6 is 0 Å². The Hall–Kier alpha value is -2.08. The van der Waals surface area contributed by atoms with Crippen LogP contribution in [0.4, 0.5) is 0 Å². The molecule has 0 spiro atoms. The van der Waals surface area contributed by atoms with Gasteiger partial charge in [0.05, 0.1) is 19.6 Å². The van der Waals surface area contributed by atoms with Crippen molar-refractivity contribution in [1.82, 2.24) is 4.90 Å². The lowest BCUT2D eigenvalue weighted by atomic mass is 10.1. The van der Waals surface area contributed by atoms with Gasteiger partial charge in [-0.05, 0) is 11.1 Å². The van der Waals surface area contributed by atoms with Gasteiger partial charge >= 0.3 is 0 Å². The SMILES string of the molecule is NCc1cccc(CN(C2=NCCO2)C2=NCCO2)c1. The topological polar surface area (TPSA) is 72.4 Å². The first kappa shape index (κ1) is 12.9. The van der Waals surface area contributed by atoms with Crippen LogP contribution in [-0.2, 0) is 22.6 Å². The first-order valence-electron chi connectivity index (χ1n) is 6.77. The van der Waals surface area contributed by atoms with Crippen LogP contribution in [0.1, 0.15) is 11.1 Å². The van der Waals surface area contributed by atoms with Crippen molar-refractivity contribution in [2.45, 2.75) is 13.1 Å². The van der Waals surface area contributed by atoms with E-state index in [1.807, 2.05) is 17.0 Å². The van der Waals surface area contributed by atoms with Gasteiger partial charge in [0.1, 0.15) is 13.2 Å². The molecule has 0 unspecified atom stereocenters. The lowest BCUT2D eigenvalue weighted by molar-refractivity contribution is 0.256. The van der Waals surface area contributed by atoms with E-state index in [0.717, 1.165) is 11.1 Å². The van der Waals surface area contributed by atoms with Gasteiger partial charge < -0.3 is 15.2 Å². The summed E-state index contributed by atoms with van der Waals surface area (Å²) in [7, 11) is 0. The molecule has 2 aliphatic rings. The quantitative estimate of drug-likeness (QED) is 0.881. The second-order valence-corrected chi connectivity index (χ2v) is 4.64. The molecular weight excluding hydrogens is 256 g/mol. The van der Waals surface area contributed by atoms with Crippen LogP contribution in [-0.4, -0.2) is 43.2 Å². The van der Waals surface area contributed by atoms with Crippen LogP contribution < -0.4 is 5.73 Å². The summed E-state index contributed by atoms with van der Waals surface area (Å²) in [5.41, 5.74) is 7.92. The number of hydrogen-bond acceptors (Lipinski definition) is 6. The summed E-state index contributed by atoms with van der Waals surface area (Å²) in [5.74, 6) is 0. The Labute approximate surface area is 117 Å². The molecular formula is C14H18N4O2. The molecule has 0 atom stereocenters. The number of nitrogens with zero attached hydrogens (tertiary/aromatic N) is 3. The van der Waals surface area contributed by atoms with Gasteiger partial charge in [-0.3, -0.25) is 0 Å². The number of aliphatic imine (C=N–C) groups is 2. The fourth-order valence-electron chi connectivity index (χ4n) is 2.23. The lowest BCUT2D eigenvalue weighted by Gasteiger charge is -2.22. The van der Waals surface area contributed by atoms with Gasteiger partial charge in [0.15, 0.2) is 0 Å². The van der Waals surface area contributed by atoms with Crippen molar-refractivity contribution in [1.29, 1.82) is 0 Å².